The van der Waals surface area contributed by atoms with Crippen LogP contribution >= 0.6 is 0 Å². The van der Waals surface area contributed by atoms with E-state index in [9.17, 15) is 15.0 Å². The van der Waals surface area contributed by atoms with Crippen molar-refractivity contribution >= 4 is 5.97 Å². The van der Waals surface area contributed by atoms with Crippen LogP contribution in [0.25, 0.3) is 0 Å². The van der Waals surface area contributed by atoms with E-state index in [4.69, 9.17) is 4.74 Å². The van der Waals surface area contributed by atoms with Gasteiger partial charge >= 0.3 is 5.97 Å². The van der Waals surface area contributed by atoms with Gasteiger partial charge in [-0.15, -0.1) is 0 Å². The number of carboxylic acid groups (broad SMARTS) is 1. The first kappa shape index (κ1) is 21.5. The van der Waals surface area contributed by atoms with Gasteiger partial charge in [0.2, 0.25) is 0 Å². The average molecular weight is 350 g/mol. The van der Waals surface area contributed by atoms with E-state index in [1.165, 1.54) is 31.4 Å². The van der Waals surface area contributed by atoms with E-state index >= 15 is 0 Å². The lowest BCUT2D eigenvalue weighted by molar-refractivity contribution is 0.00726. The van der Waals surface area contributed by atoms with Crippen LogP contribution in [-0.4, -0.2) is 28.9 Å². The summed E-state index contributed by atoms with van der Waals surface area (Å²) in [6.45, 7) is 9.21. The molecule has 0 heterocycles. The van der Waals surface area contributed by atoms with Gasteiger partial charge in [-0.1, -0.05) is 53.4 Å². The predicted molar refractivity (Wildman–Crippen MR) is 101 cm³/mol. The monoisotopic (exact) mass is 350 g/mol. The molecule has 0 amide bonds. The molecule has 0 aliphatic heterocycles. The summed E-state index contributed by atoms with van der Waals surface area (Å²) in [5.41, 5.74) is 0.889. The number of phenols is 1. The predicted octanol–water partition coefficient (Wildman–Crippen LogP) is 5.60. The molecule has 0 aliphatic rings. The van der Waals surface area contributed by atoms with Crippen molar-refractivity contribution in [3.05, 3.63) is 29.3 Å². The van der Waals surface area contributed by atoms with Crippen molar-refractivity contribution in [3.63, 3.8) is 0 Å². The van der Waals surface area contributed by atoms with Crippen LogP contribution in [0.15, 0.2) is 18.2 Å². The Hall–Kier alpha value is -1.55. The number of carboxylic acids is 1. The summed E-state index contributed by atoms with van der Waals surface area (Å²) >= 11 is 0. The SMILES string of the molecule is CCCCC(CC)COC(CCC)C(C)c1cc(O)ccc1C(=O)O. The maximum Gasteiger partial charge on any atom is 0.335 e. The van der Waals surface area contributed by atoms with Crippen molar-refractivity contribution in [2.45, 2.75) is 78.2 Å². The van der Waals surface area contributed by atoms with E-state index in [1.54, 1.807) is 6.07 Å². The Kier molecular flexibility index (Phi) is 9.58. The molecule has 25 heavy (non-hydrogen) atoms. The third-order valence-corrected chi connectivity index (χ3v) is 4.98. The van der Waals surface area contributed by atoms with E-state index in [-0.39, 0.29) is 23.3 Å². The number of ether oxygens (including phenoxy) is 1. The summed E-state index contributed by atoms with van der Waals surface area (Å²) in [6, 6.07) is 4.46. The Morgan fingerprint density at radius 2 is 1.88 bits per heavy atom. The second-order valence-electron chi connectivity index (χ2n) is 6.94. The summed E-state index contributed by atoms with van der Waals surface area (Å²) < 4.78 is 6.25. The van der Waals surface area contributed by atoms with Crippen LogP contribution in [0.1, 0.15) is 88.1 Å². The first-order valence-corrected chi connectivity index (χ1v) is 9.62. The highest BCUT2D eigenvalue weighted by atomic mass is 16.5. The van der Waals surface area contributed by atoms with E-state index < -0.39 is 5.97 Å². The zero-order valence-electron chi connectivity index (χ0n) is 16.1. The summed E-state index contributed by atoms with van der Waals surface area (Å²) in [6.07, 6.45) is 6.48. The van der Waals surface area contributed by atoms with Gasteiger partial charge in [-0.25, -0.2) is 4.79 Å². The standard InChI is InChI=1S/C21H34O4/c1-5-8-10-16(7-3)14-25-20(9-6-2)15(4)19-13-17(22)11-12-18(19)21(23)24/h11-13,15-16,20,22H,5-10,14H2,1-4H3,(H,23,24). The second-order valence-corrected chi connectivity index (χ2v) is 6.94. The second kappa shape index (κ2) is 11.1. The molecule has 4 nitrogen and oxygen atoms in total. The molecule has 0 saturated carbocycles. The zero-order valence-corrected chi connectivity index (χ0v) is 16.1. The number of unbranched alkanes of at least 4 members (excludes halogenated alkanes) is 1. The van der Waals surface area contributed by atoms with Gasteiger partial charge in [-0.2, -0.15) is 0 Å². The van der Waals surface area contributed by atoms with Crippen LogP contribution in [0.3, 0.4) is 0 Å². The van der Waals surface area contributed by atoms with Gasteiger partial charge in [0.1, 0.15) is 5.75 Å². The lowest BCUT2D eigenvalue weighted by atomic mass is 9.88. The molecular weight excluding hydrogens is 316 g/mol. The molecule has 3 unspecified atom stereocenters. The van der Waals surface area contributed by atoms with Crippen LogP contribution in [0.4, 0.5) is 0 Å². The fourth-order valence-corrected chi connectivity index (χ4v) is 3.24. The fourth-order valence-electron chi connectivity index (χ4n) is 3.24. The molecule has 4 heteroatoms. The Morgan fingerprint density at radius 3 is 2.44 bits per heavy atom. The molecule has 0 radical (unpaired) electrons. The summed E-state index contributed by atoms with van der Waals surface area (Å²) in [5.74, 6) is -0.403. The summed E-state index contributed by atoms with van der Waals surface area (Å²) in [5, 5.41) is 19.2. The van der Waals surface area contributed by atoms with Crippen LogP contribution in [0.5, 0.6) is 5.75 Å². The molecule has 1 aromatic carbocycles. The normalized spacial score (nSPS) is 14.9. The number of benzene rings is 1. The first-order chi connectivity index (χ1) is 11.9. The van der Waals surface area contributed by atoms with Crippen molar-refractivity contribution in [2.75, 3.05) is 6.61 Å². The third kappa shape index (κ3) is 6.69. The number of aromatic carboxylic acids is 1. The molecule has 3 atom stereocenters. The van der Waals surface area contributed by atoms with Crippen LogP contribution < -0.4 is 0 Å². The van der Waals surface area contributed by atoms with Crippen LogP contribution in [-0.2, 0) is 4.74 Å². The number of hydrogen-bond donors (Lipinski definition) is 2. The first-order valence-electron chi connectivity index (χ1n) is 9.62. The van der Waals surface area contributed by atoms with Gasteiger partial charge in [0.25, 0.3) is 0 Å². The Bertz CT molecular complexity index is 527. The molecule has 0 bridgehead atoms. The lowest BCUT2D eigenvalue weighted by Gasteiger charge is -2.27. The zero-order chi connectivity index (χ0) is 18.8. The van der Waals surface area contributed by atoms with Crippen LogP contribution in [0, 0.1) is 5.92 Å². The maximum atomic E-state index is 11.5. The minimum atomic E-state index is -0.966. The van der Waals surface area contributed by atoms with E-state index in [0.29, 0.717) is 18.1 Å². The van der Waals surface area contributed by atoms with E-state index in [0.717, 1.165) is 19.3 Å². The Balaban J connectivity index is 2.90. The van der Waals surface area contributed by atoms with E-state index in [2.05, 4.69) is 20.8 Å². The van der Waals surface area contributed by atoms with Crippen molar-refractivity contribution < 1.29 is 19.7 Å². The fraction of sp³-hybridized carbons (Fsp3) is 0.667. The highest BCUT2D eigenvalue weighted by Crippen LogP contribution is 2.31. The number of hydrogen-bond acceptors (Lipinski definition) is 3. The lowest BCUT2D eigenvalue weighted by Crippen LogP contribution is -2.25. The minimum Gasteiger partial charge on any atom is -0.508 e. The van der Waals surface area contributed by atoms with Crippen molar-refractivity contribution in [1.82, 2.24) is 0 Å². The number of aromatic hydroxyl groups is 1. The molecule has 0 aromatic heterocycles. The topological polar surface area (TPSA) is 66.8 Å². The van der Waals surface area contributed by atoms with Crippen molar-refractivity contribution in [3.8, 4) is 5.75 Å². The highest BCUT2D eigenvalue weighted by Gasteiger charge is 2.25. The molecule has 1 rings (SSSR count). The third-order valence-electron chi connectivity index (χ3n) is 4.98. The average Bonchev–Trinajstić information content (AvgIpc) is 2.59. The minimum absolute atomic E-state index is 0.0411. The molecule has 1 aromatic rings. The van der Waals surface area contributed by atoms with Gasteiger partial charge in [0.05, 0.1) is 11.7 Å². The quantitative estimate of drug-likeness (QED) is 0.515. The Morgan fingerprint density at radius 1 is 1.16 bits per heavy atom. The molecule has 142 valence electrons. The highest BCUT2D eigenvalue weighted by molar-refractivity contribution is 5.89. The van der Waals surface area contributed by atoms with Gasteiger partial charge in [0, 0.05) is 12.5 Å². The molecule has 0 spiro atoms. The smallest absolute Gasteiger partial charge is 0.335 e. The van der Waals surface area contributed by atoms with Gasteiger partial charge in [-0.3, -0.25) is 0 Å². The number of rotatable bonds is 12. The van der Waals surface area contributed by atoms with E-state index in [1.807, 2.05) is 6.92 Å². The maximum absolute atomic E-state index is 11.5. The summed E-state index contributed by atoms with van der Waals surface area (Å²) in [7, 11) is 0. The molecule has 2 N–H and O–H groups in total. The Labute approximate surface area is 152 Å². The molecule has 0 fully saturated rings. The van der Waals surface area contributed by atoms with Crippen molar-refractivity contribution in [2.24, 2.45) is 5.92 Å². The summed E-state index contributed by atoms with van der Waals surface area (Å²) in [4.78, 5) is 11.5. The molecular formula is C21H34O4. The van der Waals surface area contributed by atoms with Gasteiger partial charge in [0.15, 0.2) is 0 Å². The number of phenolic OH excluding ortho intramolecular Hbond substituents is 1. The molecule has 0 aliphatic carbocycles. The van der Waals surface area contributed by atoms with Gasteiger partial charge in [-0.05, 0) is 42.5 Å². The van der Waals surface area contributed by atoms with Gasteiger partial charge < -0.3 is 14.9 Å². The van der Waals surface area contributed by atoms with Crippen molar-refractivity contribution in [1.29, 1.82) is 0 Å². The molecule has 0 saturated heterocycles. The largest absolute Gasteiger partial charge is 0.508 e. The van der Waals surface area contributed by atoms with Crippen LogP contribution in [0.2, 0.25) is 0 Å². The number of carbonyl (C=O) groups is 1.